The molecule has 0 amide bonds. The van der Waals surface area contributed by atoms with Gasteiger partial charge in [0.2, 0.25) is 0 Å². The zero-order valence-electron chi connectivity index (χ0n) is 13.5. The Morgan fingerprint density at radius 3 is 2.87 bits per heavy atom. The molecule has 2 heterocycles. The Morgan fingerprint density at radius 2 is 2.13 bits per heavy atom. The summed E-state index contributed by atoms with van der Waals surface area (Å²) < 4.78 is 10.6. The average Bonchev–Trinajstić information content (AvgIpc) is 3.14. The summed E-state index contributed by atoms with van der Waals surface area (Å²) in [6.45, 7) is 2.50. The second kappa shape index (κ2) is 7.92. The monoisotopic (exact) mass is 313 g/mol. The van der Waals surface area contributed by atoms with Crippen LogP contribution in [0.3, 0.4) is 0 Å². The molecular formula is C18H23N3O2. The molecule has 0 spiro atoms. The molecule has 1 aromatic heterocycles. The summed E-state index contributed by atoms with van der Waals surface area (Å²) in [4.78, 5) is 8.67. The van der Waals surface area contributed by atoms with Crippen molar-refractivity contribution < 1.29 is 9.47 Å². The molecule has 5 heteroatoms. The fourth-order valence-electron chi connectivity index (χ4n) is 2.76. The highest BCUT2D eigenvalue weighted by molar-refractivity contribution is 5.36. The zero-order valence-corrected chi connectivity index (χ0v) is 13.5. The lowest BCUT2D eigenvalue weighted by molar-refractivity contribution is 0.193. The predicted octanol–water partition coefficient (Wildman–Crippen LogP) is 3.03. The lowest BCUT2D eigenvalue weighted by Crippen LogP contribution is -2.07. The molecule has 3 rings (SSSR count). The summed E-state index contributed by atoms with van der Waals surface area (Å²) in [5.41, 5.74) is 2.40. The van der Waals surface area contributed by atoms with Crippen molar-refractivity contribution in [1.29, 1.82) is 0 Å². The number of nitrogens with zero attached hydrogens (tertiary/aromatic N) is 2. The van der Waals surface area contributed by atoms with Gasteiger partial charge in [-0.3, -0.25) is 0 Å². The van der Waals surface area contributed by atoms with Crippen LogP contribution in [0.4, 0.5) is 5.82 Å². The second-order valence-corrected chi connectivity index (χ2v) is 5.77. The fraction of sp³-hybridized carbons (Fsp3) is 0.444. The van der Waals surface area contributed by atoms with E-state index in [0.717, 1.165) is 56.3 Å². The minimum absolute atomic E-state index is 0.415. The van der Waals surface area contributed by atoms with Crippen LogP contribution in [0.5, 0.6) is 5.75 Å². The molecule has 1 aromatic carbocycles. The van der Waals surface area contributed by atoms with Crippen LogP contribution >= 0.6 is 0 Å². The SMILES string of the molecule is COc1ccc(CCCNc2cc([C@H]3CCOC3)ncn2)cc1. The van der Waals surface area contributed by atoms with E-state index in [0.29, 0.717) is 5.92 Å². The molecule has 1 aliphatic rings. The van der Waals surface area contributed by atoms with Crippen molar-refractivity contribution in [2.75, 3.05) is 32.2 Å². The molecule has 0 bridgehead atoms. The van der Waals surface area contributed by atoms with Gasteiger partial charge in [-0.15, -0.1) is 0 Å². The number of ether oxygens (including phenoxy) is 2. The number of benzene rings is 1. The minimum Gasteiger partial charge on any atom is -0.497 e. The highest BCUT2D eigenvalue weighted by atomic mass is 16.5. The molecule has 1 saturated heterocycles. The van der Waals surface area contributed by atoms with Crippen LogP contribution in [0, 0.1) is 0 Å². The Labute approximate surface area is 137 Å². The summed E-state index contributed by atoms with van der Waals surface area (Å²) in [6.07, 6.45) is 4.77. The number of rotatable bonds is 7. The molecular weight excluding hydrogens is 290 g/mol. The van der Waals surface area contributed by atoms with E-state index >= 15 is 0 Å². The van der Waals surface area contributed by atoms with Crippen LogP contribution < -0.4 is 10.1 Å². The molecule has 1 aliphatic heterocycles. The third-order valence-electron chi connectivity index (χ3n) is 4.14. The van der Waals surface area contributed by atoms with Crippen molar-refractivity contribution >= 4 is 5.82 Å². The highest BCUT2D eigenvalue weighted by Crippen LogP contribution is 2.24. The number of hydrogen-bond donors (Lipinski definition) is 1. The number of nitrogens with one attached hydrogen (secondary N) is 1. The van der Waals surface area contributed by atoms with Crippen LogP contribution in [0.25, 0.3) is 0 Å². The van der Waals surface area contributed by atoms with Crippen molar-refractivity contribution in [2.45, 2.75) is 25.2 Å². The minimum atomic E-state index is 0.415. The van der Waals surface area contributed by atoms with Crippen LogP contribution in [0.15, 0.2) is 36.7 Å². The van der Waals surface area contributed by atoms with Gasteiger partial charge in [-0.1, -0.05) is 12.1 Å². The molecule has 23 heavy (non-hydrogen) atoms. The molecule has 5 nitrogen and oxygen atoms in total. The first-order chi connectivity index (χ1) is 11.3. The number of aryl methyl sites for hydroxylation is 1. The molecule has 0 saturated carbocycles. The van der Waals surface area contributed by atoms with E-state index in [2.05, 4.69) is 27.4 Å². The van der Waals surface area contributed by atoms with Crippen molar-refractivity contribution in [3.8, 4) is 5.75 Å². The molecule has 122 valence electrons. The van der Waals surface area contributed by atoms with Gasteiger partial charge in [-0.2, -0.15) is 0 Å². The van der Waals surface area contributed by atoms with Gasteiger partial charge in [0.15, 0.2) is 0 Å². The summed E-state index contributed by atoms with van der Waals surface area (Å²) in [6, 6.07) is 10.3. The smallest absolute Gasteiger partial charge is 0.129 e. The number of aromatic nitrogens is 2. The summed E-state index contributed by atoms with van der Waals surface area (Å²) in [5, 5.41) is 3.38. The van der Waals surface area contributed by atoms with Crippen molar-refractivity contribution in [3.05, 3.63) is 47.9 Å². The molecule has 1 atom stereocenters. The van der Waals surface area contributed by atoms with Crippen molar-refractivity contribution in [3.63, 3.8) is 0 Å². The molecule has 1 fully saturated rings. The van der Waals surface area contributed by atoms with Gasteiger partial charge in [0.25, 0.3) is 0 Å². The van der Waals surface area contributed by atoms with Crippen molar-refractivity contribution in [2.24, 2.45) is 0 Å². The van der Waals surface area contributed by atoms with Gasteiger partial charge in [-0.05, 0) is 37.0 Å². The molecule has 0 aliphatic carbocycles. The number of methoxy groups -OCH3 is 1. The first kappa shape index (κ1) is 15.7. The topological polar surface area (TPSA) is 56.3 Å². The van der Waals surface area contributed by atoms with E-state index < -0.39 is 0 Å². The van der Waals surface area contributed by atoms with Gasteiger partial charge in [-0.25, -0.2) is 9.97 Å². The molecule has 2 aromatic rings. The van der Waals surface area contributed by atoms with Gasteiger partial charge in [0.05, 0.1) is 19.4 Å². The maximum atomic E-state index is 5.43. The fourth-order valence-corrected chi connectivity index (χ4v) is 2.76. The Kier molecular flexibility index (Phi) is 5.42. The lowest BCUT2D eigenvalue weighted by atomic mass is 10.1. The van der Waals surface area contributed by atoms with Crippen LogP contribution in [0.1, 0.15) is 30.0 Å². The molecule has 0 radical (unpaired) electrons. The van der Waals surface area contributed by atoms with Gasteiger partial charge < -0.3 is 14.8 Å². The van der Waals surface area contributed by atoms with E-state index in [1.165, 1.54) is 5.56 Å². The first-order valence-electron chi connectivity index (χ1n) is 8.11. The first-order valence-corrected chi connectivity index (χ1v) is 8.11. The summed E-state index contributed by atoms with van der Waals surface area (Å²) in [5.74, 6) is 2.21. The number of hydrogen-bond acceptors (Lipinski definition) is 5. The maximum Gasteiger partial charge on any atom is 0.129 e. The Hall–Kier alpha value is -2.14. The quantitative estimate of drug-likeness (QED) is 0.796. The Balaban J connectivity index is 1.45. The largest absolute Gasteiger partial charge is 0.497 e. The summed E-state index contributed by atoms with van der Waals surface area (Å²) in [7, 11) is 1.69. The van der Waals surface area contributed by atoms with E-state index in [4.69, 9.17) is 9.47 Å². The van der Waals surface area contributed by atoms with E-state index in [9.17, 15) is 0 Å². The Bertz CT molecular complexity index is 610. The second-order valence-electron chi connectivity index (χ2n) is 5.77. The zero-order chi connectivity index (χ0) is 15.9. The standard InChI is InChI=1S/C18H23N3O2/c1-22-16-6-4-14(5-7-16)3-2-9-19-18-11-17(20-13-21-18)15-8-10-23-12-15/h4-7,11,13,15H,2-3,8-10,12H2,1H3,(H,19,20,21)/t15-/m0/s1. The van der Waals surface area contributed by atoms with Crippen LogP contribution in [-0.4, -0.2) is 36.8 Å². The van der Waals surface area contributed by atoms with E-state index in [1.807, 2.05) is 18.2 Å². The highest BCUT2D eigenvalue weighted by Gasteiger charge is 2.19. The van der Waals surface area contributed by atoms with Crippen LogP contribution in [0.2, 0.25) is 0 Å². The normalized spacial score (nSPS) is 17.2. The Morgan fingerprint density at radius 1 is 1.26 bits per heavy atom. The molecule has 1 N–H and O–H groups in total. The summed E-state index contributed by atoms with van der Waals surface area (Å²) >= 11 is 0. The van der Waals surface area contributed by atoms with E-state index in [-0.39, 0.29) is 0 Å². The number of anilines is 1. The lowest BCUT2D eigenvalue weighted by Gasteiger charge is -2.10. The molecule has 0 unspecified atom stereocenters. The predicted molar refractivity (Wildman–Crippen MR) is 90.0 cm³/mol. The third-order valence-corrected chi connectivity index (χ3v) is 4.14. The third kappa shape index (κ3) is 4.42. The average molecular weight is 313 g/mol. The van der Waals surface area contributed by atoms with Gasteiger partial charge >= 0.3 is 0 Å². The maximum absolute atomic E-state index is 5.43. The van der Waals surface area contributed by atoms with E-state index in [1.54, 1.807) is 13.4 Å². The van der Waals surface area contributed by atoms with Gasteiger partial charge in [0.1, 0.15) is 17.9 Å². The van der Waals surface area contributed by atoms with Crippen LogP contribution in [-0.2, 0) is 11.2 Å². The van der Waals surface area contributed by atoms with Gasteiger partial charge in [0, 0.05) is 25.1 Å². The van der Waals surface area contributed by atoms with Crippen molar-refractivity contribution in [1.82, 2.24) is 9.97 Å².